The predicted octanol–water partition coefficient (Wildman–Crippen LogP) is 3.29. The molecule has 0 heterocycles. The minimum Gasteiger partial charge on any atom is -0.241 e. The first-order chi connectivity index (χ1) is 9.88. The van der Waals surface area contributed by atoms with Crippen molar-refractivity contribution in [2.75, 3.05) is 6.54 Å². The molecule has 112 valence electrons. The molecule has 2 aromatic rings. The smallest absolute Gasteiger partial charge is 0.240 e. The number of hydrogen-bond donors (Lipinski definition) is 1. The van der Waals surface area contributed by atoms with Crippen LogP contribution < -0.4 is 4.72 Å². The zero-order chi connectivity index (χ0) is 15.5. The number of hydrogen-bond acceptors (Lipinski definition) is 2. The van der Waals surface area contributed by atoms with Gasteiger partial charge in [0.25, 0.3) is 0 Å². The van der Waals surface area contributed by atoms with Crippen LogP contribution in [-0.2, 0) is 10.0 Å². The Morgan fingerprint density at radius 2 is 1.71 bits per heavy atom. The maximum Gasteiger partial charge on any atom is 0.240 e. The number of nitrogens with one attached hydrogen (secondary N) is 1. The van der Waals surface area contributed by atoms with Gasteiger partial charge in [0.15, 0.2) is 0 Å². The molecule has 3 nitrogen and oxygen atoms in total. The summed E-state index contributed by atoms with van der Waals surface area (Å²) in [4.78, 5) is 0.143. The standard InChI is InChI=1S/C16H18FNO2S/c1-12-6-8-15(9-7-12)21(19,20)18-11-16(17)14-5-3-4-13(2)10-14/h3-10,16,18H,11H2,1-2H3. The van der Waals surface area contributed by atoms with Gasteiger partial charge in [-0.1, -0.05) is 47.5 Å². The van der Waals surface area contributed by atoms with Crippen molar-refractivity contribution in [1.82, 2.24) is 4.72 Å². The fourth-order valence-electron chi connectivity index (χ4n) is 1.97. The number of sulfonamides is 1. The van der Waals surface area contributed by atoms with Crippen LogP contribution in [0.1, 0.15) is 22.9 Å². The zero-order valence-electron chi connectivity index (χ0n) is 12.0. The van der Waals surface area contributed by atoms with Gasteiger partial charge in [-0.15, -0.1) is 0 Å². The average Bonchev–Trinajstić information content (AvgIpc) is 2.45. The molecular formula is C16H18FNO2S. The molecule has 0 saturated carbocycles. The van der Waals surface area contributed by atoms with Crippen LogP contribution in [0.15, 0.2) is 53.4 Å². The number of aryl methyl sites for hydroxylation is 2. The lowest BCUT2D eigenvalue weighted by molar-refractivity contribution is 0.343. The Morgan fingerprint density at radius 3 is 2.33 bits per heavy atom. The van der Waals surface area contributed by atoms with Gasteiger partial charge in [-0.3, -0.25) is 0 Å². The van der Waals surface area contributed by atoms with E-state index in [1.54, 1.807) is 30.3 Å². The molecule has 0 spiro atoms. The van der Waals surface area contributed by atoms with Crippen LogP contribution in [0.4, 0.5) is 4.39 Å². The predicted molar refractivity (Wildman–Crippen MR) is 81.4 cm³/mol. The van der Waals surface area contributed by atoms with Crippen LogP contribution >= 0.6 is 0 Å². The SMILES string of the molecule is Cc1ccc(S(=O)(=O)NCC(F)c2cccc(C)c2)cc1. The summed E-state index contributed by atoms with van der Waals surface area (Å²) in [6.07, 6.45) is -1.37. The van der Waals surface area contributed by atoms with Crippen LogP contribution in [0.25, 0.3) is 0 Å². The first-order valence-corrected chi connectivity index (χ1v) is 8.14. The Labute approximate surface area is 124 Å². The average molecular weight is 307 g/mol. The highest BCUT2D eigenvalue weighted by molar-refractivity contribution is 7.89. The minimum absolute atomic E-state index is 0.143. The number of benzene rings is 2. The molecule has 1 N–H and O–H groups in total. The number of halogens is 1. The summed E-state index contributed by atoms with van der Waals surface area (Å²) in [7, 11) is -3.68. The second-order valence-corrected chi connectivity index (χ2v) is 6.81. The molecule has 0 radical (unpaired) electrons. The van der Waals surface area contributed by atoms with E-state index >= 15 is 0 Å². The molecule has 0 aromatic heterocycles. The molecule has 0 fully saturated rings. The molecule has 1 unspecified atom stereocenters. The Bertz CT molecular complexity index is 711. The second-order valence-electron chi connectivity index (χ2n) is 5.05. The summed E-state index contributed by atoms with van der Waals surface area (Å²) < 4.78 is 40.5. The van der Waals surface area contributed by atoms with Gasteiger partial charge in [-0.05, 0) is 31.5 Å². The van der Waals surface area contributed by atoms with Crippen molar-refractivity contribution in [1.29, 1.82) is 0 Å². The van der Waals surface area contributed by atoms with Crippen molar-refractivity contribution in [2.45, 2.75) is 24.9 Å². The van der Waals surface area contributed by atoms with Crippen molar-refractivity contribution in [2.24, 2.45) is 0 Å². The molecule has 21 heavy (non-hydrogen) atoms. The first-order valence-electron chi connectivity index (χ1n) is 6.65. The van der Waals surface area contributed by atoms with E-state index in [4.69, 9.17) is 0 Å². The molecular weight excluding hydrogens is 289 g/mol. The van der Waals surface area contributed by atoms with Crippen molar-refractivity contribution < 1.29 is 12.8 Å². The third-order valence-electron chi connectivity index (χ3n) is 3.19. The summed E-state index contributed by atoms with van der Waals surface area (Å²) in [6, 6.07) is 13.4. The molecule has 5 heteroatoms. The molecule has 0 bridgehead atoms. The Balaban J connectivity index is 2.06. The maximum atomic E-state index is 14.1. The lowest BCUT2D eigenvalue weighted by Crippen LogP contribution is -2.27. The third-order valence-corrected chi connectivity index (χ3v) is 4.63. The molecule has 1 atom stereocenters. The highest BCUT2D eigenvalue weighted by Gasteiger charge is 2.17. The molecule has 0 aliphatic heterocycles. The Morgan fingerprint density at radius 1 is 1.05 bits per heavy atom. The lowest BCUT2D eigenvalue weighted by atomic mass is 10.1. The maximum absolute atomic E-state index is 14.1. The number of rotatable bonds is 5. The quantitative estimate of drug-likeness (QED) is 0.921. The molecule has 2 aromatic carbocycles. The number of alkyl halides is 1. The largest absolute Gasteiger partial charge is 0.241 e. The van der Waals surface area contributed by atoms with E-state index in [-0.39, 0.29) is 11.4 Å². The van der Waals surface area contributed by atoms with E-state index in [1.807, 2.05) is 19.9 Å². The van der Waals surface area contributed by atoms with Crippen molar-refractivity contribution in [3.8, 4) is 0 Å². The molecule has 2 rings (SSSR count). The van der Waals surface area contributed by atoms with E-state index < -0.39 is 16.2 Å². The van der Waals surface area contributed by atoms with Crippen molar-refractivity contribution >= 4 is 10.0 Å². The Hall–Kier alpha value is -1.72. The monoisotopic (exact) mass is 307 g/mol. The van der Waals surface area contributed by atoms with Gasteiger partial charge >= 0.3 is 0 Å². The fourth-order valence-corrected chi connectivity index (χ4v) is 2.99. The molecule has 0 aliphatic carbocycles. The zero-order valence-corrected chi connectivity index (χ0v) is 12.8. The van der Waals surface area contributed by atoms with Crippen LogP contribution in [0.2, 0.25) is 0 Å². The summed E-state index contributed by atoms with van der Waals surface area (Å²) in [6.45, 7) is 3.46. The minimum atomic E-state index is -3.68. The molecule has 0 amide bonds. The molecule has 0 saturated heterocycles. The van der Waals surface area contributed by atoms with E-state index in [0.717, 1.165) is 11.1 Å². The molecule has 0 aliphatic rings. The summed E-state index contributed by atoms with van der Waals surface area (Å²) in [5, 5.41) is 0. The van der Waals surface area contributed by atoms with Gasteiger partial charge in [-0.2, -0.15) is 0 Å². The van der Waals surface area contributed by atoms with Gasteiger partial charge in [0, 0.05) is 6.54 Å². The normalized spacial score (nSPS) is 13.1. The van der Waals surface area contributed by atoms with E-state index in [2.05, 4.69) is 4.72 Å². The van der Waals surface area contributed by atoms with E-state index in [9.17, 15) is 12.8 Å². The van der Waals surface area contributed by atoms with Crippen LogP contribution in [0.5, 0.6) is 0 Å². The van der Waals surface area contributed by atoms with Crippen LogP contribution in [0.3, 0.4) is 0 Å². The topological polar surface area (TPSA) is 46.2 Å². The summed E-state index contributed by atoms with van der Waals surface area (Å²) in [5.74, 6) is 0. The fraction of sp³-hybridized carbons (Fsp3) is 0.250. The highest BCUT2D eigenvalue weighted by atomic mass is 32.2. The van der Waals surface area contributed by atoms with Gasteiger partial charge in [0.05, 0.1) is 4.90 Å². The van der Waals surface area contributed by atoms with Gasteiger partial charge in [0.2, 0.25) is 10.0 Å². The summed E-state index contributed by atoms with van der Waals surface area (Å²) >= 11 is 0. The second kappa shape index (κ2) is 6.37. The Kier molecular flexibility index (Phi) is 4.75. The lowest BCUT2D eigenvalue weighted by Gasteiger charge is -2.11. The third kappa shape index (κ3) is 4.12. The van der Waals surface area contributed by atoms with Crippen LogP contribution in [-0.4, -0.2) is 15.0 Å². The van der Waals surface area contributed by atoms with Crippen molar-refractivity contribution in [3.05, 3.63) is 65.2 Å². The van der Waals surface area contributed by atoms with Gasteiger partial charge in [0.1, 0.15) is 6.17 Å². The highest BCUT2D eigenvalue weighted by Crippen LogP contribution is 2.18. The first kappa shape index (κ1) is 15.7. The van der Waals surface area contributed by atoms with Crippen LogP contribution in [0, 0.1) is 13.8 Å². The van der Waals surface area contributed by atoms with E-state index in [0.29, 0.717) is 5.56 Å². The van der Waals surface area contributed by atoms with Crippen molar-refractivity contribution in [3.63, 3.8) is 0 Å². The van der Waals surface area contributed by atoms with E-state index in [1.165, 1.54) is 12.1 Å². The van der Waals surface area contributed by atoms with Gasteiger partial charge < -0.3 is 0 Å². The summed E-state index contributed by atoms with van der Waals surface area (Å²) in [5.41, 5.74) is 2.38. The van der Waals surface area contributed by atoms with Gasteiger partial charge in [-0.25, -0.2) is 17.5 Å².